The topological polar surface area (TPSA) is 96.3 Å². The van der Waals surface area contributed by atoms with Crippen LogP contribution >= 0.6 is 11.6 Å². The highest BCUT2D eigenvalue weighted by Gasteiger charge is 2.28. The molecule has 39 heavy (non-hydrogen) atoms. The van der Waals surface area contributed by atoms with E-state index in [-0.39, 0.29) is 11.5 Å². The molecule has 0 fully saturated rings. The van der Waals surface area contributed by atoms with Crippen LogP contribution in [0.4, 0.5) is 23.2 Å². The van der Waals surface area contributed by atoms with E-state index >= 15 is 0 Å². The number of aromatic nitrogens is 4. The average Bonchev–Trinajstić information content (AvgIpc) is 3.60. The van der Waals surface area contributed by atoms with Crippen molar-refractivity contribution in [3.05, 3.63) is 76.2 Å². The van der Waals surface area contributed by atoms with Crippen molar-refractivity contribution in [2.24, 2.45) is 0 Å². The van der Waals surface area contributed by atoms with Crippen LogP contribution < -0.4 is 14.8 Å². The lowest BCUT2D eigenvalue weighted by atomic mass is 10.2. The number of carbonyl (C=O) groups is 1. The Morgan fingerprint density at radius 1 is 1.05 bits per heavy atom. The number of nitrogens with zero attached hydrogens (tertiary/aromatic N) is 4. The van der Waals surface area contributed by atoms with E-state index in [4.69, 9.17) is 25.5 Å². The molecule has 0 atom stereocenters. The minimum absolute atomic E-state index is 0.0401. The normalized spacial score (nSPS) is 11.4. The number of nitrogens with one attached hydrogen (secondary N) is 1. The monoisotopic (exact) mass is 569 g/mol. The number of alkyl halides is 4. The summed E-state index contributed by atoms with van der Waals surface area (Å²) in [4.78, 5) is 12.7. The highest BCUT2D eigenvalue weighted by Crippen LogP contribution is 2.35. The first kappa shape index (κ1) is 28.0. The van der Waals surface area contributed by atoms with Gasteiger partial charge in [-0.25, -0.2) is 17.6 Å². The number of furan rings is 1. The summed E-state index contributed by atoms with van der Waals surface area (Å²) in [6.45, 7) is 4.72. The summed E-state index contributed by atoms with van der Waals surface area (Å²) in [5, 5.41) is 9.56. The highest BCUT2D eigenvalue weighted by molar-refractivity contribution is 6.32. The molecular formula is C25H24ClF4N5O4. The van der Waals surface area contributed by atoms with E-state index in [0.717, 1.165) is 5.56 Å². The predicted octanol–water partition coefficient (Wildman–Crippen LogP) is 6.35. The number of hydrogen-bond donors (Lipinski definition) is 1. The van der Waals surface area contributed by atoms with E-state index in [2.05, 4.69) is 15.5 Å². The second kappa shape index (κ2) is 12.2. The quantitative estimate of drug-likeness (QED) is 0.200. The Morgan fingerprint density at radius 3 is 2.49 bits per heavy atom. The van der Waals surface area contributed by atoms with Crippen molar-refractivity contribution in [1.82, 2.24) is 19.6 Å². The summed E-state index contributed by atoms with van der Waals surface area (Å²) in [5.74, 6) is 0.552. The van der Waals surface area contributed by atoms with Crippen LogP contribution in [0.3, 0.4) is 0 Å². The average molecular weight is 570 g/mol. The fourth-order valence-electron chi connectivity index (χ4n) is 3.76. The number of amides is 1. The summed E-state index contributed by atoms with van der Waals surface area (Å²) in [5.41, 5.74) is -0.527. The van der Waals surface area contributed by atoms with E-state index in [9.17, 15) is 22.4 Å². The number of benzene rings is 1. The van der Waals surface area contributed by atoms with E-state index in [0.29, 0.717) is 41.6 Å². The van der Waals surface area contributed by atoms with Crippen LogP contribution in [0.1, 0.15) is 60.0 Å². The maximum absolute atomic E-state index is 13.4. The number of hydrogen-bond acceptors (Lipinski definition) is 6. The molecule has 14 heteroatoms. The van der Waals surface area contributed by atoms with Gasteiger partial charge in [0.2, 0.25) is 0 Å². The van der Waals surface area contributed by atoms with Crippen molar-refractivity contribution in [1.29, 1.82) is 0 Å². The zero-order valence-electron chi connectivity index (χ0n) is 20.8. The third kappa shape index (κ3) is 6.53. The maximum atomic E-state index is 13.4. The molecule has 0 aliphatic carbocycles. The van der Waals surface area contributed by atoms with E-state index < -0.39 is 41.7 Å². The number of carbonyl (C=O) groups excluding carboxylic acids is 1. The lowest BCUT2D eigenvalue weighted by Crippen LogP contribution is -2.10. The Kier molecular flexibility index (Phi) is 8.79. The zero-order chi connectivity index (χ0) is 28.1. The van der Waals surface area contributed by atoms with Gasteiger partial charge >= 0.3 is 0 Å². The Hall–Kier alpha value is -4.00. The minimum Gasteiger partial charge on any atom is -0.490 e. The van der Waals surface area contributed by atoms with Crippen molar-refractivity contribution < 1.29 is 36.2 Å². The Labute approximate surface area is 225 Å². The van der Waals surface area contributed by atoms with Gasteiger partial charge < -0.3 is 19.2 Å². The largest absolute Gasteiger partial charge is 0.490 e. The van der Waals surface area contributed by atoms with E-state index in [1.165, 1.54) is 18.3 Å². The van der Waals surface area contributed by atoms with Crippen LogP contribution in [0.5, 0.6) is 11.5 Å². The molecule has 4 aromatic rings. The van der Waals surface area contributed by atoms with Crippen LogP contribution in [0.25, 0.3) is 0 Å². The summed E-state index contributed by atoms with van der Waals surface area (Å²) < 4.78 is 71.8. The van der Waals surface area contributed by atoms with Gasteiger partial charge in [0.05, 0.1) is 43.2 Å². The Bertz CT molecular complexity index is 1440. The fraction of sp³-hybridized carbons (Fsp3) is 0.320. The van der Waals surface area contributed by atoms with Gasteiger partial charge in [-0.15, -0.1) is 0 Å². The second-order valence-corrected chi connectivity index (χ2v) is 8.52. The van der Waals surface area contributed by atoms with Gasteiger partial charge in [-0.2, -0.15) is 10.2 Å². The molecule has 0 saturated carbocycles. The molecular weight excluding hydrogens is 546 g/mol. The van der Waals surface area contributed by atoms with Gasteiger partial charge in [0.25, 0.3) is 18.8 Å². The number of ether oxygens (including phenoxy) is 2. The molecule has 0 unspecified atom stereocenters. The van der Waals surface area contributed by atoms with Crippen molar-refractivity contribution in [3.8, 4) is 11.5 Å². The molecule has 0 aliphatic rings. The van der Waals surface area contributed by atoms with Crippen LogP contribution in [0.2, 0.25) is 5.02 Å². The Balaban J connectivity index is 1.42. The fourth-order valence-corrected chi connectivity index (χ4v) is 4.06. The number of anilines is 1. The third-order valence-corrected chi connectivity index (χ3v) is 5.79. The summed E-state index contributed by atoms with van der Waals surface area (Å²) in [7, 11) is 0. The maximum Gasteiger partial charge on any atom is 0.291 e. The van der Waals surface area contributed by atoms with Crippen LogP contribution in [0.15, 0.2) is 47.1 Å². The number of rotatable bonds is 12. The lowest BCUT2D eigenvalue weighted by Gasteiger charge is -2.12. The van der Waals surface area contributed by atoms with E-state index in [1.807, 2.05) is 32.0 Å². The van der Waals surface area contributed by atoms with Gasteiger partial charge in [-0.1, -0.05) is 17.7 Å². The van der Waals surface area contributed by atoms with Gasteiger partial charge in [0, 0.05) is 6.20 Å². The standard InChI is InChI=1S/C25H24ClF4N5O4/c1-3-37-17-7-5-14(9-19(17)38-4-2)11-34-12-15(10-31-34)32-25(36)18-8-6-16(39-18)13-35-22(24(29)30)20(26)21(33-35)23(27)28/h5-10,12,23-24H,3-4,11,13H2,1-2H3,(H,32,36). The highest BCUT2D eigenvalue weighted by atomic mass is 35.5. The molecule has 0 spiro atoms. The molecule has 3 heterocycles. The molecule has 1 aromatic carbocycles. The van der Waals surface area contributed by atoms with Crippen molar-refractivity contribution in [2.75, 3.05) is 18.5 Å². The molecule has 208 valence electrons. The molecule has 1 N–H and O–H groups in total. The molecule has 0 radical (unpaired) electrons. The van der Waals surface area contributed by atoms with Crippen molar-refractivity contribution in [2.45, 2.75) is 39.8 Å². The Morgan fingerprint density at radius 2 is 1.79 bits per heavy atom. The molecule has 0 bridgehead atoms. The first-order valence-electron chi connectivity index (χ1n) is 11.8. The summed E-state index contributed by atoms with van der Waals surface area (Å²) >= 11 is 5.67. The summed E-state index contributed by atoms with van der Waals surface area (Å²) in [6.07, 6.45) is -3.20. The van der Waals surface area contributed by atoms with Crippen molar-refractivity contribution >= 4 is 23.2 Å². The first-order valence-corrected chi connectivity index (χ1v) is 12.2. The smallest absolute Gasteiger partial charge is 0.291 e. The van der Waals surface area contributed by atoms with Crippen molar-refractivity contribution in [3.63, 3.8) is 0 Å². The second-order valence-electron chi connectivity index (χ2n) is 8.14. The molecule has 3 aromatic heterocycles. The predicted molar refractivity (Wildman–Crippen MR) is 133 cm³/mol. The van der Waals surface area contributed by atoms with Gasteiger partial charge in [-0.05, 0) is 43.7 Å². The molecule has 1 amide bonds. The van der Waals surface area contributed by atoms with Crippen LogP contribution in [-0.4, -0.2) is 38.7 Å². The van der Waals surface area contributed by atoms with Crippen LogP contribution in [-0.2, 0) is 13.1 Å². The van der Waals surface area contributed by atoms with Gasteiger partial charge in [0.15, 0.2) is 17.3 Å². The van der Waals surface area contributed by atoms with Gasteiger partial charge in [0.1, 0.15) is 17.1 Å². The first-order chi connectivity index (χ1) is 18.7. The third-order valence-electron chi connectivity index (χ3n) is 5.40. The summed E-state index contributed by atoms with van der Waals surface area (Å²) in [6, 6.07) is 8.24. The van der Waals surface area contributed by atoms with Gasteiger partial charge in [-0.3, -0.25) is 14.2 Å². The SMILES string of the molecule is CCOc1ccc(Cn2cc(NC(=O)c3ccc(Cn4nc(C(F)F)c(Cl)c4C(F)F)o3)cn2)cc1OCC. The van der Waals surface area contributed by atoms with E-state index in [1.54, 1.807) is 10.9 Å². The van der Waals surface area contributed by atoms with Crippen LogP contribution in [0, 0.1) is 0 Å². The molecule has 4 rings (SSSR count). The zero-order valence-corrected chi connectivity index (χ0v) is 21.6. The minimum atomic E-state index is -3.14. The lowest BCUT2D eigenvalue weighted by molar-refractivity contribution is 0.0994. The molecule has 0 saturated heterocycles. The number of halogens is 5. The molecule has 0 aliphatic heterocycles. The molecule has 9 nitrogen and oxygen atoms in total.